The minimum atomic E-state index is -0.420. The number of rotatable bonds is 3. The lowest BCUT2D eigenvalue weighted by molar-refractivity contribution is -0.384. The van der Waals surface area contributed by atoms with Crippen LogP contribution in [0, 0.1) is 10.1 Å². The quantitative estimate of drug-likeness (QED) is 0.450. The van der Waals surface area contributed by atoms with Crippen molar-refractivity contribution < 1.29 is 4.92 Å². The maximum absolute atomic E-state index is 10.7. The number of nitro benzene ring substituents is 1. The first-order valence-corrected chi connectivity index (χ1v) is 6.19. The molecule has 0 radical (unpaired) electrons. The Morgan fingerprint density at radius 1 is 0.947 bits per heavy atom. The molecule has 0 N–H and O–H groups in total. The van der Waals surface area contributed by atoms with Gasteiger partial charge in [-0.1, -0.05) is 53.6 Å². The molecule has 0 heterocycles. The van der Waals surface area contributed by atoms with Crippen molar-refractivity contribution in [2.45, 2.75) is 0 Å². The van der Waals surface area contributed by atoms with Crippen molar-refractivity contribution >= 4 is 41.0 Å². The van der Waals surface area contributed by atoms with Crippen LogP contribution in [0.2, 0.25) is 10.0 Å². The molecule has 0 unspecified atom stereocenters. The molecule has 96 valence electrons. The van der Waals surface area contributed by atoms with Gasteiger partial charge in [0.25, 0.3) is 5.69 Å². The summed E-state index contributed by atoms with van der Waals surface area (Å²) in [6, 6.07) is 11.7. The van der Waals surface area contributed by atoms with Crippen LogP contribution in [0.3, 0.4) is 0 Å². The van der Waals surface area contributed by atoms with E-state index in [1.54, 1.807) is 30.3 Å². The third kappa shape index (κ3) is 3.56. The third-order valence-corrected chi connectivity index (χ3v) is 3.23. The predicted molar refractivity (Wildman–Crippen MR) is 78.5 cm³/mol. The van der Waals surface area contributed by atoms with Crippen molar-refractivity contribution in [1.29, 1.82) is 0 Å². The monoisotopic (exact) mass is 293 g/mol. The molecule has 3 nitrogen and oxygen atoms in total. The van der Waals surface area contributed by atoms with E-state index in [0.29, 0.717) is 10.0 Å². The van der Waals surface area contributed by atoms with Gasteiger partial charge in [0, 0.05) is 12.1 Å². The van der Waals surface area contributed by atoms with Crippen LogP contribution in [0.4, 0.5) is 5.69 Å². The Kier molecular flexibility index (Phi) is 4.20. The Morgan fingerprint density at radius 2 is 1.63 bits per heavy atom. The zero-order chi connectivity index (χ0) is 13.8. The molecule has 2 rings (SSSR count). The van der Waals surface area contributed by atoms with Crippen LogP contribution in [0.1, 0.15) is 11.1 Å². The van der Waals surface area contributed by atoms with Crippen LogP contribution in [-0.4, -0.2) is 4.92 Å². The molecule has 0 saturated heterocycles. The molecule has 2 aromatic rings. The molecular formula is C14H9Cl2NO2. The molecule has 2 aromatic carbocycles. The Balaban J connectivity index is 2.24. The van der Waals surface area contributed by atoms with Gasteiger partial charge in [-0.15, -0.1) is 0 Å². The number of nitrogens with zero attached hydrogens (tertiary/aromatic N) is 1. The molecule has 0 spiro atoms. The molecule has 0 aliphatic heterocycles. The Labute approximate surface area is 120 Å². The molecule has 0 saturated carbocycles. The first-order chi connectivity index (χ1) is 9.06. The van der Waals surface area contributed by atoms with Crippen LogP contribution < -0.4 is 0 Å². The number of non-ortho nitro benzene ring substituents is 1. The molecule has 0 amide bonds. The minimum absolute atomic E-state index is 0.0660. The summed E-state index contributed by atoms with van der Waals surface area (Å²) in [5.74, 6) is 0. The smallest absolute Gasteiger partial charge is 0.258 e. The summed E-state index contributed by atoms with van der Waals surface area (Å²) >= 11 is 11.7. The van der Waals surface area contributed by atoms with Crippen molar-refractivity contribution in [3.8, 4) is 0 Å². The van der Waals surface area contributed by atoms with Crippen LogP contribution in [-0.2, 0) is 0 Å². The van der Waals surface area contributed by atoms with Crippen LogP contribution in [0.5, 0.6) is 0 Å². The molecular weight excluding hydrogens is 285 g/mol. The highest BCUT2D eigenvalue weighted by molar-refractivity contribution is 6.42. The fourth-order valence-corrected chi connectivity index (χ4v) is 1.86. The Hall–Kier alpha value is -1.84. The van der Waals surface area contributed by atoms with Crippen LogP contribution >= 0.6 is 23.2 Å². The Bertz CT molecular complexity index is 654. The van der Waals surface area contributed by atoms with Gasteiger partial charge in [0.15, 0.2) is 0 Å². The van der Waals surface area contributed by atoms with E-state index >= 15 is 0 Å². The highest BCUT2D eigenvalue weighted by Gasteiger charge is 2.03. The summed E-state index contributed by atoms with van der Waals surface area (Å²) in [6.45, 7) is 0. The fourth-order valence-electron chi connectivity index (χ4n) is 1.55. The van der Waals surface area contributed by atoms with Gasteiger partial charge in [-0.2, -0.15) is 0 Å². The van der Waals surface area contributed by atoms with E-state index in [2.05, 4.69) is 0 Å². The maximum Gasteiger partial charge on any atom is 0.270 e. The predicted octanol–water partition coefficient (Wildman–Crippen LogP) is 5.07. The normalized spacial score (nSPS) is 10.8. The molecule has 0 aromatic heterocycles. The zero-order valence-electron chi connectivity index (χ0n) is 9.72. The second kappa shape index (κ2) is 5.87. The van der Waals surface area contributed by atoms with Crippen molar-refractivity contribution in [2.24, 2.45) is 0 Å². The van der Waals surface area contributed by atoms with Gasteiger partial charge in [-0.3, -0.25) is 10.1 Å². The highest BCUT2D eigenvalue weighted by Crippen LogP contribution is 2.23. The molecule has 0 fully saturated rings. The molecule has 19 heavy (non-hydrogen) atoms. The van der Waals surface area contributed by atoms with Gasteiger partial charge in [-0.05, 0) is 23.3 Å². The van der Waals surface area contributed by atoms with Crippen molar-refractivity contribution in [1.82, 2.24) is 0 Å². The summed E-state index contributed by atoms with van der Waals surface area (Å²) in [5, 5.41) is 11.6. The molecule has 0 aliphatic rings. The number of halogens is 2. The fraction of sp³-hybridized carbons (Fsp3) is 0. The largest absolute Gasteiger partial charge is 0.270 e. The average molecular weight is 294 g/mol. The first kappa shape index (κ1) is 13.6. The second-order valence-electron chi connectivity index (χ2n) is 3.86. The minimum Gasteiger partial charge on any atom is -0.258 e. The lowest BCUT2D eigenvalue weighted by Gasteiger charge is -1.98. The topological polar surface area (TPSA) is 43.1 Å². The summed E-state index contributed by atoms with van der Waals surface area (Å²) in [6.07, 6.45) is 3.60. The van der Waals surface area contributed by atoms with Gasteiger partial charge >= 0.3 is 0 Å². The Morgan fingerprint density at radius 3 is 2.26 bits per heavy atom. The highest BCUT2D eigenvalue weighted by atomic mass is 35.5. The molecule has 0 bridgehead atoms. The van der Waals surface area contributed by atoms with Crippen molar-refractivity contribution in [3.05, 3.63) is 73.8 Å². The second-order valence-corrected chi connectivity index (χ2v) is 4.67. The summed E-state index contributed by atoms with van der Waals surface area (Å²) in [4.78, 5) is 10.2. The van der Waals surface area contributed by atoms with E-state index in [1.165, 1.54) is 12.1 Å². The molecule has 0 atom stereocenters. The average Bonchev–Trinajstić information content (AvgIpc) is 2.40. The van der Waals surface area contributed by atoms with Crippen LogP contribution in [0.25, 0.3) is 12.2 Å². The van der Waals surface area contributed by atoms with E-state index < -0.39 is 4.92 Å². The number of hydrogen-bond donors (Lipinski definition) is 0. The SMILES string of the molecule is O=[N+]([O-])c1cccc(/C=C/c2ccc(Cl)c(Cl)c2)c1. The van der Waals surface area contributed by atoms with Crippen LogP contribution in [0.15, 0.2) is 42.5 Å². The van der Waals surface area contributed by atoms with Gasteiger partial charge in [0.2, 0.25) is 0 Å². The summed E-state index contributed by atoms with van der Waals surface area (Å²) < 4.78 is 0. The summed E-state index contributed by atoms with van der Waals surface area (Å²) in [7, 11) is 0. The van der Waals surface area contributed by atoms with E-state index in [0.717, 1.165) is 11.1 Å². The van der Waals surface area contributed by atoms with Gasteiger partial charge in [0.1, 0.15) is 0 Å². The van der Waals surface area contributed by atoms with E-state index in [1.807, 2.05) is 12.1 Å². The lowest BCUT2D eigenvalue weighted by atomic mass is 10.1. The van der Waals surface area contributed by atoms with Gasteiger partial charge in [0.05, 0.1) is 15.0 Å². The van der Waals surface area contributed by atoms with Gasteiger partial charge in [-0.25, -0.2) is 0 Å². The van der Waals surface area contributed by atoms with Crippen molar-refractivity contribution in [3.63, 3.8) is 0 Å². The maximum atomic E-state index is 10.7. The lowest BCUT2D eigenvalue weighted by Crippen LogP contribution is -1.87. The van der Waals surface area contributed by atoms with Crippen molar-refractivity contribution in [2.75, 3.05) is 0 Å². The number of nitro groups is 1. The third-order valence-electron chi connectivity index (χ3n) is 2.49. The first-order valence-electron chi connectivity index (χ1n) is 5.44. The molecule has 5 heteroatoms. The van der Waals surface area contributed by atoms with E-state index in [4.69, 9.17) is 23.2 Å². The van der Waals surface area contributed by atoms with E-state index in [-0.39, 0.29) is 5.69 Å². The summed E-state index contributed by atoms with van der Waals surface area (Å²) in [5.41, 5.74) is 1.69. The number of hydrogen-bond acceptors (Lipinski definition) is 2. The van der Waals surface area contributed by atoms with E-state index in [9.17, 15) is 10.1 Å². The zero-order valence-corrected chi connectivity index (χ0v) is 11.2. The van der Waals surface area contributed by atoms with Gasteiger partial charge < -0.3 is 0 Å². The molecule has 0 aliphatic carbocycles. The number of benzene rings is 2. The standard InChI is InChI=1S/C14H9Cl2NO2/c15-13-7-6-11(9-14(13)16)5-4-10-2-1-3-12(8-10)17(18)19/h1-9H/b5-4+.